The Morgan fingerprint density at radius 1 is 0.857 bits per heavy atom. The number of amides is 2. The minimum absolute atomic E-state index is 0.0662. The Balaban J connectivity index is 1.53. The van der Waals surface area contributed by atoms with Crippen LogP contribution in [0.4, 0.5) is 28.9 Å². The number of aromatic nitrogens is 2. The Labute approximate surface area is 195 Å². The van der Waals surface area contributed by atoms with E-state index in [1.165, 1.54) is 42.5 Å². The van der Waals surface area contributed by atoms with E-state index in [4.69, 9.17) is 4.52 Å². The van der Waals surface area contributed by atoms with Crippen LogP contribution in [0.3, 0.4) is 0 Å². The van der Waals surface area contributed by atoms with Crippen molar-refractivity contribution in [2.75, 3.05) is 10.6 Å². The van der Waals surface area contributed by atoms with Gasteiger partial charge in [-0.15, -0.1) is 0 Å². The third-order valence-corrected chi connectivity index (χ3v) is 4.86. The van der Waals surface area contributed by atoms with Gasteiger partial charge in [-0.3, -0.25) is 9.59 Å². The van der Waals surface area contributed by atoms with Gasteiger partial charge in [0.25, 0.3) is 17.7 Å². The first-order chi connectivity index (χ1) is 16.6. The van der Waals surface area contributed by atoms with E-state index in [-0.39, 0.29) is 22.7 Å². The zero-order valence-electron chi connectivity index (χ0n) is 18.0. The average molecular weight is 484 g/mol. The Morgan fingerprint density at radius 2 is 1.46 bits per heavy atom. The summed E-state index contributed by atoms with van der Waals surface area (Å²) in [5, 5.41) is 8.25. The van der Waals surface area contributed by atoms with Crippen molar-refractivity contribution < 1.29 is 31.7 Å². The lowest BCUT2D eigenvalue weighted by atomic mass is 10.1. The highest BCUT2D eigenvalue weighted by molar-refractivity contribution is 6.06. The largest absolute Gasteiger partial charge is 0.418 e. The van der Waals surface area contributed by atoms with E-state index in [1.807, 2.05) is 0 Å². The summed E-state index contributed by atoms with van der Waals surface area (Å²) in [6.07, 6.45) is -4.82. The maximum atomic E-state index is 13.7. The molecule has 1 heterocycles. The number of hydrogen-bond acceptors (Lipinski definition) is 5. The van der Waals surface area contributed by atoms with Gasteiger partial charge in [-0.05, 0) is 73.7 Å². The van der Waals surface area contributed by atoms with Crippen LogP contribution in [-0.2, 0) is 6.18 Å². The second-order valence-corrected chi connectivity index (χ2v) is 7.40. The van der Waals surface area contributed by atoms with Crippen LogP contribution in [0.1, 0.15) is 32.1 Å². The first kappa shape index (κ1) is 23.6. The quantitative estimate of drug-likeness (QED) is 0.354. The van der Waals surface area contributed by atoms with Gasteiger partial charge in [0.15, 0.2) is 5.82 Å². The lowest BCUT2D eigenvalue weighted by Crippen LogP contribution is -2.18. The fraction of sp³-hybridized carbons (Fsp3) is 0.0833. The van der Waals surface area contributed by atoms with Crippen LogP contribution in [-0.4, -0.2) is 22.0 Å². The summed E-state index contributed by atoms with van der Waals surface area (Å²) in [5.41, 5.74) is -1.08. The van der Waals surface area contributed by atoms with Crippen molar-refractivity contribution in [2.45, 2.75) is 13.1 Å². The smallest absolute Gasteiger partial charge is 0.334 e. The number of halogens is 4. The molecule has 0 bridgehead atoms. The minimum atomic E-state index is -4.82. The van der Waals surface area contributed by atoms with E-state index in [2.05, 4.69) is 20.8 Å². The zero-order valence-corrected chi connectivity index (χ0v) is 18.0. The first-order valence-corrected chi connectivity index (χ1v) is 10.1. The van der Waals surface area contributed by atoms with Crippen molar-refractivity contribution in [2.24, 2.45) is 0 Å². The van der Waals surface area contributed by atoms with Crippen molar-refractivity contribution in [3.8, 4) is 11.5 Å². The van der Waals surface area contributed by atoms with Crippen molar-refractivity contribution in [3.63, 3.8) is 0 Å². The van der Waals surface area contributed by atoms with Crippen LogP contribution in [0.2, 0.25) is 0 Å². The Hall–Kier alpha value is -4.54. The first-order valence-electron chi connectivity index (χ1n) is 10.1. The second kappa shape index (κ2) is 9.37. The molecule has 178 valence electrons. The number of carbonyl (C=O) groups is 2. The molecule has 11 heteroatoms. The van der Waals surface area contributed by atoms with Crippen molar-refractivity contribution in [1.82, 2.24) is 10.1 Å². The Bertz CT molecular complexity index is 1380. The SMILES string of the molecule is Cc1noc(-c2ccc(C(=O)Nc3ccc(NC(=O)c4ccc(F)cc4)cc3C(F)(F)F)cc2)n1. The maximum absolute atomic E-state index is 13.7. The number of rotatable bonds is 5. The van der Waals surface area contributed by atoms with Gasteiger partial charge in [0, 0.05) is 22.4 Å². The topological polar surface area (TPSA) is 97.1 Å². The molecule has 0 aliphatic carbocycles. The molecule has 4 rings (SSSR count). The summed E-state index contributed by atoms with van der Waals surface area (Å²) in [4.78, 5) is 28.9. The van der Waals surface area contributed by atoms with E-state index in [9.17, 15) is 27.2 Å². The van der Waals surface area contributed by atoms with Crippen LogP contribution in [0, 0.1) is 12.7 Å². The van der Waals surface area contributed by atoms with Crippen molar-refractivity contribution >= 4 is 23.2 Å². The fourth-order valence-corrected chi connectivity index (χ4v) is 3.14. The predicted octanol–water partition coefficient (Wildman–Crippen LogP) is 5.71. The van der Waals surface area contributed by atoms with Crippen LogP contribution in [0.15, 0.2) is 71.3 Å². The number of alkyl halides is 3. The fourth-order valence-electron chi connectivity index (χ4n) is 3.14. The standard InChI is InChI=1S/C24H16F4N4O3/c1-13-29-23(35-32-13)16-4-2-14(3-5-16)22(34)31-20-11-10-18(12-19(20)24(26,27)28)30-21(33)15-6-8-17(25)9-7-15/h2-12H,1H3,(H,30,33)(H,31,34). The number of hydrogen-bond donors (Lipinski definition) is 2. The lowest BCUT2D eigenvalue weighted by molar-refractivity contribution is -0.136. The summed E-state index contributed by atoms with van der Waals surface area (Å²) in [6.45, 7) is 1.65. The van der Waals surface area contributed by atoms with Crippen LogP contribution < -0.4 is 10.6 Å². The highest BCUT2D eigenvalue weighted by atomic mass is 19.4. The highest BCUT2D eigenvalue weighted by Gasteiger charge is 2.34. The van der Waals surface area contributed by atoms with Gasteiger partial charge in [-0.2, -0.15) is 18.2 Å². The third-order valence-electron chi connectivity index (χ3n) is 4.86. The molecule has 0 aliphatic heterocycles. The van der Waals surface area contributed by atoms with Gasteiger partial charge < -0.3 is 15.2 Å². The number of nitrogens with zero attached hydrogens (tertiary/aromatic N) is 2. The van der Waals surface area contributed by atoms with E-state index in [0.29, 0.717) is 17.5 Å². The van der Waals surface area contributed by atoms with Gasteiger partial charge in [-0.25, -0.2) is 4.39 Å². The minimum Gasteiger partial charge on any atom is -0.334 e. The van der Waals surface area contributed by atoms with Gasteiger partial charge in [0.2, 0.25) is 0 Å². The predicted molar refractivity (Wildman–Crippen MR) is 118 cm³/mol. The number of anilines is 2. The molecule has 0 atom stereocenters. The molecule has 2 N–H and O–H groups in total. The monoisotopic (exact) mass is 484 g/mol. The number of aryl methyl sites for hydroxylation is 1. The molecule has 0 aliphatic rings. The average Bonchev–Trinajstić information content (AvgIpc) is 3.26. The molecule has 1 aromatic heterocycles. The normalized spacial score (nSPS) is 11.2. The molecule has 3 aromatic carbocycles. The van der Waals surface area contributed by atoms with Crippen molar-refractivity contribution in [1.29, 1.82) is 0 Å². The molecule has 35 heavy (non-hydrogen) atoms. The van der Waals surface area contributed by atoms with Crippen LogP contribution >= 0.6 is 0 Å². The molecule has 0 radical (unpaired) electrons. The molecule has 0 saturated carbocycles. The van der Waals surface area contributed by atoms with Crippen LogP contribution in [0.25, 0.3) is 11.5 Å². The van der Waals surface area contributed by atoms with Gasteiger partial charge in [-0.1, -0.05) is 5.16 Å². The van der Waals surface area contributed by atoms with Crippen molar-refractivity contribution in [3.05, 3.63) is 95.1 Å². The third kappa shape index (κ3) is 5.52. The summed E-state index contributed by atoms with van der Waals surface area (Å²) in [7, 11) is 0. The second-order valence-electron chi connectivity index (χ2n) is 7.40. The zero-order chi connectivity index (χ0) is 25.2. The van der Waals surface area contributed by atoms with Gasteiger partial charge in [0.1, 0.15) is 5.82 Å². The highest BCUT2D eigenvalue weighted by Crippen LogP contribution is 2.37. The van der Waals surface area contributed by atoms with E-state index in [0.717, 1.165) is 18.2 Å². The molecule has 0 spiro atoms. The number of benzene rings is 3. The number of carbonyl (C=O) groups excluding carboxylic acids is 2. The molecular formula is C24H16F4N4O3. The summed E-state index contributed by atoms with van der Waals surface area (Å²) >= 11 is 0. The molecule has 0 fully saturated rings. The Kier molecular flexibility index (Phi) is 6.32. The van der Waals surface area contributed by atoms with Gasteiger partial charge in [0.05, 0.1) is 11.3 Å². The van der Waals surface area contributed by atoms with Gasteiger partial charge >= 0.3 is 6.18 Å². The summed E-state index contributed by atoms with van der Waals surface area (Å²) < 4.78 is 59.2. The Morgan fingerprint density at radius 3 is 2.03 bits per heavy atom. The summed E-state index contributed by atoms with van der Waals surface area (Å²) in [6, 6.07) is 13.4. The van der Waals surface area contributed by atoms with E-state index >= 15 is 0 Å². The lowest BCUT2D eigenvalue weighted by Gasteiger charge is -2.16. The molecule has 2 amide bonds. The van der Waals surface area contributed by atoms with E-state index in [1.54, 1.807) is 6.92 Å². The van der Waals surface area contributed by atoms with E-state index < -0.39 is 35.1 Å². The number of nitrogens with one attached hydrogen (secondary N) is 2. The molecule has 4 aromatic rings. The molecular weight excluding hydrogens is 468 g/mol. The van der Waals surface area contributed by atoms with Crippen LogP contribution in [0.5, 0.6) is 0 Å². The maximum Gasteiger partial charge on any atom is 0.418 e. The molecule has 0 unspecified atom stereocenters. The summed E-state index contributed by atoms with van der Waals surface area (Å²) in [5.74, 6) is -1.37. The molecule has 7 nitrogen and oxygen atoms in total. The molecule has 0 saturated heterocycles.